The first-order valence-electron chi connectivity index (χ1n) is 5.01. The summed E-state index contributed by atoms with van der Waals surface area (Å²) in [7, 11) is 0. The number of nitrogens with two attached hydrogens (primary N) is 1. The molecule has 1 rings (SSSR count). The van der Waals surface area contributed by atoms with Gasteiger partial charge in [0.1, 0.15) is 0 Å². The van der Waals surface area contributed by atoms with Crippen LogP contribution in [0.25, 0.3) is 0 Å². The summed E-state index contributed by atoms with van der Waals surface area (Å²) in [5.74, 6) is 0.141. The summed E-state index contributed by atoms with van der Waals surface area (Å²) in [5.41, 5.74) is 8.63. The van der Waals surface area contributed by atoms with Crippen LogP contribution in [-0.2, 0) is 6.42 Å². The van der Waals surface area contributed by atoms with Gasteiger partial charge in [0.05, 0.1) is 0 Å². The van der Waals surface area contributed by atoms with Crippen LogP contribution in [-0.4, -0.2) is 12.3 Å². The zero-order valence-corrected chi connectivity index (χ0v) is 8.84. The minimum Gasteiger partial charge on any atom is -0.330 e. The molecule has 2 nitrogen and oxygen atoms in total. The number of hydrogen-bond acceptors (Lipinski definition) is 2. The van der Waals surface area contributed by atoms with E-state index in [1.54, 1.807) is 0 Å². The van der Waals surface area contributed by atoms with Crippen LogP contribution in [0, 0.1) is 6.92 Å². The Morgan fingerprint density at radius 2 is 2.14 bits per heavy atom. The molecule has 0 saturated carbocycles. The second-order valence-electron chi connectivity index (χ2n) is 3.46. The molecule has 2 heteroatoms. The van der Waals surface area contributed by atoms with Crippen molar-refractivity contribution in [3.63, 3.8) is 0 Å². The lowest BCUT2D eigenvalue weighted by atomic mass is 10.00. The third-order valence-corrected chi connectivity index (χ3v) is 2.42. The second-order valence-corrected chi connectivity index (χ2v) is 3.46. The molecule has 1 aromatic carbocycles. The van der Waals surface area contributed by atoms with Crippen LogP contribution in [0.5, 0.6) is 0 Å². The Kier molecular flexibility index (Phi) is 3.84. The number of Topliss-reactive ketones (excluding diaryl/α,β-unsaturated/α-hetero) is 1. The van der Waals surface area contributed by atoms with Gasteiger partial charge in [-0.1, -0.05) is 19.1 Å². The Hall–Kier alpha value is -1.15. The van der Waals surface area contributed by atoms with E-state index in [2.05, 4.69) is 13.8 Å². The molecule has 0 spiro atoms. The number of ketones is 1. The fraction of sp³-hybridized carbons (Fsp3) is 0.417. The van der Waals surface area contributed by atoms with E-state index in [9.17, 15) is 4.79 Å². The Labute approximate surface area is 85.1 Å². The highest BCUT2D eigenvalue weighted by Crippen LogP contribution is 2.13. The normalized spacial score (nSPS) is 10.2. The standard InChI is InChI=1S/C12H17NO/c1-3-10-8-11(5-4-9(10)2)12(14)6-7-13/h4-5,8H,3,6-7,13H2,1-2H3. The molecule has 1 aromatic rings. The fourth-order valence-electron chi connectivity index (χ4n) is 1.50. The average molecular weight is 191 g/mol. The van der Waals surface area contributed by atoms with Gasteiger partial charge >= 0.3 is 0 Å². The number of carbonyl (C=O) groups excluding carboxylic acids is 1. The van der Waals surface area contributed by atoms with E-state index < -0.39 is 0 Å². The molecule has 0 heterocycles. The molecule has 0 saturated heterocycles. The average Bonchev–Trinajstić information content (AvgIpc) is 2.19. The van der Waals surface area contributed by atoms with E-state index in [4.69, 9.17) is 5.73 Å². The fourth-order valence-corrected chi connectivity index (χ4v) is 1.50. The summed E-state index contributed by atoms with van der Waals surface area (Å²) in [6.45, 7) is 4.59. The van der Waals surface area contributed by atoms with Crippen LogP contribution in [0.4, 0.5) is 0 Å². The molecular formula is C12H17NO. The van der Waals surface area contributed by atoms with Crippen LogP contribution in [0.1, 0.15) is 34.8 Å². The highest BCUT2D eigenvalue weighted by atomic mass is 16.1. The van der Waals surface area contributed by atoms with Crippen molar-refractivity contribution in [2.45, 2.75) is 26.7 Å². The smallest absolute Gasteiger partial charge is 0.164 e. The summed E-state index contributed by atoms with van der Waals surface area (Å²) in [6, 6.07) is 5.86. The summed E-state index contributed by atoms with van der Waals surface area (Å²) < 4.78 is 0. The van der Waals surface area contributed by atoms with E-state index in [-0.39, 0.29) is 5.78 Å². The monoisotopic (exact) mass is 191 g/mol. The molecule has 0 aliphatic rings. The first-order valence-corrected chi connectivity index (χ1v) is 5.01. The first-order chi connectivity index (χ1) is 6.69. The van der Waals surface area contributed by atoms with Crippen molar-refractivity contribution in [2.75, 3.05) is 6.54 Å². The van der Waals surface area contributed by atoms with Crippen LogP contribution in [0.2, 0.25) is 0 Å². The molecule has 0 aliphatic heterocycles. The van der Waals surface area contributed by atoms with E-state index in [1.807, 2.05) is 18.2 Å². The molecule has 0 bridgehead atoms. The van der Waals surface area contributed by atoms with E-state index >= 15 is 0 Å². The molecule has 0 aliphatic carbocycles. The lowest BCUT2D eigenvalue weighted by molar-refractivity contribution is 0.0985. The zero-order valence-electron chi connectivity index (χ0n) is 8.84. The third kappa shape index (κ3) is 2.42. The second kappa shape index (κ2) is 4.91. The van der Waals surface area contributed by atoms with Crippen molar-refractivity contribution in [1.82, 2.24) is 0 Å². The summed E-state index contributed by atoms with van der Waals surface area (Å²) in [5, 5.41) is 0. The molecular weight excluding hydrogens is 174 g/mol. The molecule has 2 N–H and O–H groups in total. The largest absolute Gasteiger partial charge is 0.330 e. The summed E-state index contributed by atoms with van der Waals surface area (Å²) in [4.78, 5) is 11.5. The molecule has 0 unspecified atom stereocenters. The summed E-state index contributed by atoms with van der Waals surface area (Å²) in [6.07, 6.45) is 1.40. The van der Waals surface area contributed by atoms with Crippen LogP contribution < -0.4 is 5.73 Å². The van der Waals surface area contributed by atoms with Gasteiger partial charge in [-0.3, -0.25) is 4.79 Å². The van der Waals surface area contributed by atoms with Gasteiger partial charge < -0.3 is 5.73 Å². The predicted octanol–water partition coefficient (Wildman–Crippen LogP) is 2.09. The topological polar surface area (TPSA) is 43.1 Å². The van der Waals surface area contributed by atoms with Gasteiger partial charge in [-0.05, 0) is 37.1 Å². The molecule has 76 valence electrons. The molecule has 14 heavy (non-hydrogen) atoms. The Balaban J connectivity index is 2.94. The van der Waals surface area contributed by atoms with Gasteiger partial charge in [0, 0.05) is 12.0 Å². The lowest BCUT2D eigenvalue weighted by Crippen LogP contribution is -2.08. The molecule has 0 aromatic heterocycles. The molecule has 0 fully saturated rings. The van der Waals surface area contributed by atoms with Gasteiger partial charge in [0.2, 0.25) is 0 Å². The van der Waals surface area contributed by atoms with Crippen LogP contribution in [0.3, 0.4) is 0 Å². The molecule has 0 amide bonds. The lowest BCUT2D eigenvalue weighted by Gasteiger charge is -2.05. The van der Waals surface area contributed by atoms with Gasteiger partial charge in [-0.2, -0.15) is 0 Å². The highest BCUT2D eigenvalue weighted by molar-refractivity contribution is 5.96. The Morgan fingerprint density at radius 3 is 2.71 bits per heavy atom. The van der Waals surface area contributed by atoms with E-state index in [0.717, 1.165) is 12.0 Å². The van der Waals surface area contributed by atoms with Gasteiger partial charge in [0.25, 0.3) is 0 Å². The third-order valence-electron chi connectivity index (χ3n) is 2.42. The first kappa shape index (κ1) is 10.9. The number of rotatable bonds is 4. The van der Waals surface area contributed by atoms with Crippen molar-refractivity contribution in [1.29, 1.82) is 0 Å². The van der Waals surface area contributed by atoms with Crippen molar-refractivity contribution in [3.8, 4) is 0 Å². The molecule has 0 radical (unpaired) electrons. The van der Waals surface area contributed by atoms with Gasteiger partial charge in [-0.15, -0.1) is 0 Å². The van der Waals surface area contributed by atoms with Gasteiger partial charge in [-0.25, -0.2) is 0 Å². The zero-order chi connectivity index (χ0) is 10.6. The quantitative estimate of drug-likeness (QED) is 0.740. The maximum Gasteiger partial charge on any atom is 0.164 e. The maximum absolute atomic E-state index is 11.5. The van der Waals surface area contributed by atoms with Crippen LogP contribution in [0.15, 0.2) is 18.2 Å². The maximum atomic E-state index is 11.5. The van der Waals surface area contributed by atoms with Crippen LogP contribution >= 0.6 is 0 Å². The molecule has 0 atom stereocenters. The SMILES string of the molecule is CCc1cc(C(=O)CCN)ccc1C. The number of aryl methyl sites for hydroxylation is 2. The van der Waals surface area contributed by atoms with Crippen molar-refractivity contribution < 1.29 is 4.79 Å². The number of hydrogen-bond donors (Lipinski definition) is 1. The Bertz CT molecular complexity index is 331. The van der Waals surface area contributed by atoms with E-state index in [0.29, 0.717) is 13.0 Å². The predicted molar refractivity (Wildman–Crippen MR) is 58.6 cm³/mol. The number of benzene rings is 1. The Morgan fingerprint density at radius 1 is 1.43 bits per heavy atom. The van der Waals surface area contributed by atoms with Crippen molar-refractivity contribution in [2.24, 2.45) is 5.73 Å². The number of carbonyl (C=O) groups is 1. The minimum atomic E-state index is 0.141. The van der Waals surface area contributed by atoms with Crippen molar-refractivity contribution in [3.05, 3.63) is 34.9 Å². The highest BCUT2D eigenvalue weighted by Gasteiger charge is 2.06. The summed E-state index contributed by atoms with van der Waals surface area (Å²) >= 11 is 0. The van der Waals surface area contributed by atoms with Crippen molar-refractivity contribution >= 4 is 5.78 Å². The minimum absolute atomic E-state index is 0.141. The van der Waals surface area contributed by atoms with Gasteiger partial charge in [0.15, 0.2) is 5.78 Å². The van der Waals surface area contributed by atoms with E-state index in [1.165, 1.54) is 11.1 Å².